The second kappa shape index (κ2) is 6.10. The lowest BCUT2D eigenvalue weighted by Crippen LogP contribution is -2.08. The van der Waals surface area contributed by atoms with Gasteiger partial charge in [-0.05, 0) is 44.2 Å². The number of aryl methyl sites for hydroxylation is 1. The number of nitrogens with one attached hydrogen (secondary N) is 1. The molecule has 0 fully saturated rings. The number of carbonyl (C=O) groups is 1. The summed E-state index contributed by atoms with van der Waals surface area (Å²) in [6.07, 6.45) is 0. The zero-order valence-electron chi connectivity index (χ0n) is 11.6. The number of hydrogen-bond donors (Lipinski definition) is 2. The second-order valence-electron chi connectivity index (χ2n) is 4.51. The standard InChI is InChI=1S/C16H18N2O2/c1-3-20-16(19)14-10-13(8-9-15(14)17)18-12-6-4-11(2)5-7-12/h4-10,18H,3,17H2,1-2H3. The Hall–Kier alpha value is -2.49. The van der Waals surface area contributed by atoms with Gasteiger partial charge in [0, 0.05) is 17.1 Å². The Morgan fingerprint density at radius 2 is 1.80 bits per heavy atom. The molecule has 3 N–H and O–H groups in total. The number of ether oxygens (including phenoxy) is 1. The number of rotatable bonds is 4. The third kappa shape index (κ3) is 3.29. The molecule has 2 aromatic carbocycles. The lowest BCUT2D eigenvalue weighted by atomic mass is 10.1. The van der Waals surface area contributed by atoms with Gasteiger partial charge in [-0.15, -0.1) is 0 Å². The lowest BCUT2D eigenvalue weighted by Gasteiger charge is -2.10. The van der Waals surface area contributed by atoms with E-state index in [1.165, 1.54) is 5.56 Å². The number of carbonyl (C=O) groups excluding carboxylic acids is 1. The Kier molecular flexibility index (Phi) is 4.25. The molecule has 4 nitrogen and oxygen atoms in total. The molecule has 4 heteroatoms. The van der Waals surface area contributed by atoms with Crippen molar-refractivity contribution < 1.29 is 9.53 Å². The SMILES string of the molecule is CCOC(=O)c1cc(Nc2ccc(C)cc2)ccc1N. The van der Waals surface area contributed by atoms with E-state index in [-0.39, 0.29) is 0 Å². The fraction of sp³-hybridized carbons (Fsp3) is 0.188. The molecule has 0 aliphatic heterocycles. The van der Waals surface area contributed by atoms with Crippen LogP contribution in [-0.4, -0.2) is 12.6 Å². The Morgan fingerprint density at radius 1 is 1.15 bits per heavy atom. The predicted molar refractivity (Wildman–Crippen MR) is 81.3 cm³/mol. The summed E-state index contributed by atoms with van der Waals surface area (Å²) in [4.78, 5) is 11.8. The van der Waals surface area contributed by atoms with Crippen LogP contribution in [0, 0.1) is 6.92 Å². The van der Waals surface area contributed by atoms with Crippen LogP contribution < -0.4 is 11.1 Å². The van der Waals surface area contributed by atoms with Gasteiger partial charge in [0.1, 0.15) is 0 Å². The van der Waals surface area contributed by atoms with E-state index in [0.717, 1.165) is 11.4 Å². The maximum atomic E-state index is 11.8. The molecular formula is C16H18N2O2. The summed E-state index contributed by atoms with van der Waals surface area (Å²) in [7, 11) is 0. The first kappa shape index (κ1) is 13.9. The van der Waals surface area contributed by atoms with E-state index in [0.29, 0.717) is 17.9 Å². The smallest absolute Gasteiger partial charge is 0.340 e. The van der Waals surface area contributed by atoms with E-state index in [1.54, 1.807) is 19.1 Å². The van der Waals surface area contributed by atoms with E-state index >= 15 is 0 Å². The van der Waals surface area contributed by atoms with Crippen LogP contribution in [0.15, 0.2) is 42.5 Å². The van der Waals surface area contributed by atoms with Crippen LogP contribution in [0.1, 0.15) is 22.8 Å². The van der Waals surface area contributed by atoms with Crippen molar-refractivity contribution in [1.82, 2.24) is 0 Å². The molecule has 0 radical (unpaired) electrons. The average Bonchev–Trinajstić information content (AvgIpc) is 2.43. The highest BCUT2D eigenvalue weighted by atomic mass is 16.5. The number of hydrogen-bond acceptors (Lipinski definition) is 4. The summed E-state index contributed by atoms with van der Waals surface area (Å²) in [6.45, 7) is 4.13. The topological polar surface area (TPSA) is 64.3 Å². The first-order chi connectivity index (χ1) is 9.60. The van der Waals surface area contributed by atoms with Gasteiger partial charge in [-0.1, -0.05) is 17.7 Å². The Balaban J connectivity index is 2.22. The number of nitrogen functional groups attached to an aromatic ring is 1. The maximum absolute atomic E-state index is 11.8. The highest BCUT2D eigenvalue weighted by Crippen LogP contribution is 2.22. The van der Waals surface area contributed by atoms with Crippen molar-refractivity contribution in [3.63, 3.8) is 0 Å². The van der Waals surface area contributed by atoms with Crippen LogP contribution in [0.25, 0.3) is 0 Å². The molecule has 0 bridgehead atoms. The van der Waals surface area contributed by atoms with Crippen LogP contribution in [0.2, 0.25) is 0 Å². The van der Waals surface area contributed by atoms with Gasteiger partial charge in [0.25, 0.3) is 0 Å². The molecule has 0 unspecified atom stereocenters. The third-order valence-corrected chi connectivity index (χ3v) is 2.89. The average molecular weight is 270 g/mol. The summed E-state index contributed by atoms with van der Waals surface area (Å²) in [6, 6.07) is 13.2. The van der Waals surface area contributed by atoms with Crippen LogP contribution >= 0.6 is 0 Å². The van der Waals surface area contributed by atoms with E-state index < -0.39 is 5.97 Å². The van der Waals surface area contributed by atoms with Gasteiger partial charge >= 0.3 is 5.97 Å². The largest absolute Gasteiger partial charge is 0.462 e. The molecule has 2 aromatic rings. The third-order valence-electron chi connectivity index (χ3n) is 2.89. The van der Waals surface area contributed by atoms with Gasteiger partial charge < -0.3 is 15.8 Å². The number of benzene rings is 2. The second-order valence-corrected chi connectivity index (χ2v) is 4.51. The summed E-state index contributed by atoms with van der Waals surface area (Å²) in [5.74, 6) is -0.405. The molecule has 2 rings (SSSR count). The maximum Gasteiger partial charge on any atom is 0.340 e. The zero-order chi connectivity index (χ0) is 14.5. The van der Waals surface area contributed by atoms with Crippen molar-refractivity contribution in [1.29, 1.82) is 0 Å². The van der Waals surface area contributed by atoms with Gasteiger partial charge in [0.15, 0.2) is 0 Å². The highest BCUT2D eigenvalue weighted by molar-refractivity contribution is 5.96. The van der Waals surface area contributed by atoms with E-state index in [9.17, 15) is 4.79 Å². The quantitative estimate of drug-likeness (QED) is 0.659. The van der Waals surface area contributed by atoms with E-state index in [2.05, 4.69) is 5.32 Å². The van der Waals surface area contributed by atoms with Gasteiger partial charge in [-0.2, -0.15) is 0 Å². The Bertz CT molecular complexity index is 606. The molecule has 0 aliphatic carbocycles. The molecule has 0 aliphatic rings. The predicted octanol–water partition coefficient (Wildman–Crippen LogP) is 3.50. The van der Waals surface area contributed by atoms with Crippen LogP contribution in [-0.2, 0) is 4.74 Å². The summed E-state index contributed by atoms with van der Waals surface area (Å²) >= 11 is 0. The summed E-state index contributed by atoms with van der Waals surface area (Å²) in [5.41, 5.74) is 9.54. The Labute approximate surface area is 118 Å². The van der Waals surface area contributed by atoms with Crippen molar-refractivity contribution in [3.05, 3.63) is 53.6 Å². The van der Waals surface area contributed by atoms with Crippen molar-refractivity contribution in [2.45, 2.75) is 13.8 Å². The highest BCUT2D eigenvalue weighted by Gasteiger charge is 2.11. The minimum atomic E-state index is -0.405. The first-order valence-electron chi connectivity index (χ1n) is 6.50. The summed E-state index contributed by atoms with van der Waals surface area (Å²) < 4.78 is 4.98. The van der Waals surface area contributed by atoms with Crippen molar-refractivity contribution >= 4 is 23.0 Å². The molecule has 20 heavy (non-hydrogen) atoms. The molecule has 0 heterocycles. The molecule has 0 atom stereocenters. The van der Waals surface area contributed by atoms with Crippen LogP contribution in [0.5, 0.6) is 0 Å². The molecular weight excluding hydrogens is 252 g/mol. The lowest BCUT2D eigenvalue weighted by molar-refractivity contribution is 0.0527. The molecule has 0 aromatic heterocycles. The first-order valence-corrected chi connectivity index (χ1v) is 6.50. The Morgan fingerprint density at radius 3 is 2.45 bits per heavy atom. The fourth-order valence-corrected chi connectivity index (χ4v) is 1.82. The van der Waals surface area contributed by atoms with Gasteiger partial charge in [0.2, 0.25) is 0 Å². The van der Waals surface area contributed by atoms with Crippen LogP contribution in [0.3, 0.4) is 0 Å². The fourth-order valence-electron chi connectivity index (χ4n) is 1.82. The monoisotopic (exact) mass is 270 g/mol. The normalized spacial score (nSPS) is 10.1. The summed E-state index contributed by atoms with van der Waals surface area (Å²) in [5, 5.41) is 3.23. The van der Waals surface area contributed by atoms with Gasteiger partial charge in [-0.3, -0.25) is 0 Å². The minimum Gasteiger partial charge on any atom is -0.462 e. The van der Waals surface area contributed by atoms with Crippen molar-refractivity contribution in [2.24, 2.45) is 0 Å². The molecule has 0 spiro atoms. The minimum absolute atomic E-state index is 0.327. The molecule has 0 saturated carbocycles. The number of nitrogens with two attached hydrogens (primary N) is 1. The van der Waals surface area contributed by atoms with Gasteiger partial charge in [-0.25, -0.2) is 4.79 Å². The van der Waals surface area contributed by atoms with Crippen molar-refractivity contribution in [2.75, 3.05) is 17.7 Å². The molecule has 104 valence electrons. The van der Waals surface area contributed by atoms with Crippen LogP contribution in [0.4, 0.5) is 17.1 Å². The number of esters is 1. The zero-order valence-corrected chi connectivity index (χ0v) is 11.6. The van der Waals surface area contributed by atoms with E-state index in [4.69, 9.17) is 10.5 Å². The van der Waals surface area contributed by atoms with E-state index in [1.807, 2.05) is 37.3 Å². The van der Waals surface area contributed by atoms with Gasteiger partial charge in [0.05, 0.1) is 12.2 Å². The van der Waals surface area contributed by atoms with Crippen molar-refractivity contribution in [3.8, 4) is 0 Å². The molecule has 0 amide bonds. The molecule has 0 saturated heterocycles. The number of anilines is 3.